The van der Waals surface area contributed by atoms with Crippen LogP contribution in [0.15, 0.2) is 52.5 Å². The van der Waals surface area contributed by atoms with Gasteiger partial charge < -0.3 is 15.7 Å². The molecule has 0 aromatic heterocycles. The largest absolute Gasteiger partial charge is 0.457 e. The summed E-state index contributed by atoms with van der Waals surface area (Å²) in [5.41, 5.74) is 6.10. The van der Waals surface area contributed by atoms with Crippen LogP contribution in [0.25, 0.3) is 0 Å². The Hall–Kier alpha value is -1.85. The van der Waals surface area contributed by atoms with Gasteiger partial charge in [0, 0.05) is 16.0 Å². The van der Waals surface area contributed by atoms with Crippen LogP contribution in [0.2, 0.25) is 5.02 Å². The Bertz CT molecular complexity index is 630. The molecule has 0 aliphatic rings. The molecular formula is C14H13ClN2O2S. The van der Waals surface area contributed by atoms with Gasteiger partial charge in [0.1, 0.15) is 11.5 Å². The Morgan fingerprint density at radius 1 is 1.25 bits per heavy atom. The number of thioether (sulfide) groups is 1. The molecular weight excluding hydrogens is 296 g/mol. The SMILES string of the molecule is CSc1ccc(Oc2cc(Cl)ccc2C(N)=NO)cc1. The van der Waals surface area contributed by atoms with Crippen molar-refractivity contribution in [2.75, 3.05) is 6.26 Å². The normalized spacial score (nSPS) is 11.4. The van der Waals surface area contributed by atoms with Crippen LogP contribution in [0.1, 0.15) is 5.56 Å². The molecule has 6 heteroatoms. The second-order valence-corrected chi connectivity index (χ2v) is 5.22. The van der Waals surface area contributed by atoms with E-state index in [-0.39, 0.29) is 5.84 Å². The molecule has 0 bridgehead atoms. The number of ether oxygens (including phenoxy) is 1. The molecule has 0 heterocycles. The number of halogens is 1. The summed E-state index contributed by atoms with van der Waals surface area (Å²) in [6.45, 7) is 0. The maximum atomic E-state index is 8.79. The minimum atomic E-state index is -0.0302. The lowest BCUT2D eigenvalue weighted by atomic mass is 10.2. The van der Waals surface area contributed by atoms with Crippen molar-refractivity contribution in [2.24, 2.45) is 10.9 Å². The van der Waals surface area contributed by atoms with Crippen LogP contribution in [0, 0.1) is 0 Å². The van der Waals surface area contributed by atoms with Crippen molar-refractivity contribution in [1.82, 2.24) is 0 Å². The minimum absolute atomic E-state index is 0.0302. The molecule has 104 valence electrons. The van der Waals surface area contributed by atoms with Crippen molar-refractivity contribution >= 4 is 29.2 Å². The summed E-state index contributed by atoms with van der Waals surface area (Å²) >= 11 is 7.60. The summed E-state index contributed by atoms with van der Waals surface area (Å²) in [6, 6.07) is 12.5. The van der Waals surface area contributed by atoms with E-state index in [9.17, 15) is 0 Å². The molecule has 0 saturated heterocycles. The summed E-state index contributed by atoms with van der Waals surface area (Å²) in [5.74, 6) is 1.05. The lowest BCUT2D eigenvalue weighted by Gasteiger charge is -2.11. The van der Waals surface area contributed by atoms with E-state index in [2.05, 4.69) is 5.16 Å². The van der Waals surface area contributed by atoms with Gasteiger partial charge in [-0.3, -0.25) is 0 Å². The highest BCUT2D eigenvalue weighted by Gasteiger charge is 2.10. The molecule has 0 saturated carbocycles. The van der Waals surface area contributed by atoms with E-state index in [0.717, 1.165) is 4.90 Å². The molecule has 0 spiro atoms. The van der Waals surface area contributed by atoms with Crippen LogP contribution in [0.4, 0.5) is 0 Å². The Balaban J connectivity index is 2.33. The van der Waals surface area contributed by atoms with Crippen molar-refractivity contribution in [3.8, 4) is 11.5 Å². The smallest absolute Gasteiger partial charge is 0.173 e. The first kappa shape index (κ1) is 14.6. The van der Waals surface area contributed by atoms with E-state index < -0.39 is 0 Å². The van der Waals surface area contributed by atoms with Crippen LogP contribution in [-0.4, -0.2) is 17.3 Å². The number of amidine groups is 1. The number of rotatable bonds is 4. The lowest BCUT2D eigenvalue weighted by Crippen LogP contribution is -2.14. The van der Waals surface area contributed by atoms with Gasteiger partial charge in [-0.1, -0.05) is 16.8 Å². The molecule has 0 amide bonds. The van der Waals surface area contributed by atoms with Crippen LogP contribution < -0.4 is 10.5 Å². The zero-order chi connectivity index (χ0) is 14.5. The number of nitrogens with zero attached hydrogens (tertiary/aromatic N) is 1. The molecule has 0 aliphatic carbocycles. The van der Waals surface area contributed by atoms with Gasteiger partial charge in [0.05, 0.1) is 5.56 Å². The fraction of sp³-hybridized carbons (Fsp3) is 0.0714. The molecule has 0 radical (unpaired) electrons. The zero-order valence-corrected chi connectivity index (χ0v) is 12.3. The Morgan fingerprint density at radius 3 is 2.55 bits per heavy atom. The first-order chi connectivity index (χ1) is 9.63. The van der Waals surface area contributed by atoms with Crippen LogP contribution in [0.3, 0.4) is 0 Å². The lowest BCUT2D eigenvalue weighted by molar-refractivity contribution is 0.318. The maximum Gasteiger partial charge on any atom is 0.173 e. The number of hydrogen-bond donors (Lipinski definition) is 2. The van der Waals surface area contributed by atoms with E-state index in [1.807, 2.05) is 30.5 Å². The van der Waals surface area contributed by atoms with E-state index in [1.165, 1.54) is 0 Å². The summed E-state index contributed by atoms with van der Waals surface area (Å²) in [7, 11) is 0. The van der Waals surface area contributed by atoms with Gasteiger partial charge in [0.15, 0.2) is 5.84 Å². The van der Waals surface area contributed by atoms with E-state index in [4.69, 9.17) is 27.3 Å². The molecule has 0 unspecified atom stereocenters. The minimum Gasteiger partial charge on any atom is -0.457 e. The first-order valence-corrected chi connectivity index (χ1v) is 7.33. The predicted octanol–water partition coefficient (Wildman–Crippen LogP) is 3.95. The quantitative estimate of drug-likeness (QED) is 0.295. The van der Waals surface area contributed by atoms with Crippen molar-refractivity contribution in [1.29, 1.82) is 0 Å². The van der Waals surface area contributed by atoms with Gasteiger partial charge >= 0.3 is 0 Å². The highest BCUT2D eigenvalue weighted by molar-refractivity contribution is 7.98. The van der Waals surface area contributed by atoms with Crippen LogP contribution in [-0.2, 0) is 0 Å². The third kappa shape index (κ3) is 3.37. The summed E-state index contributed by atoms with van der Waals surface area (Å²) in [5, 5.41) is 12.3. The fourth-order valence-electron chi connectivity index (χ4n) is 1.62. The van der Waals surface area contributed by atoms with Crippen LogP contribution in [0.5, 0.6) is 11.5 Å². The predicted molar refractivity (Wildman–Crippen MR) is 82.3 cm³/mol. The second-order valence-electron chi connectivity index (χ2n) is 3.90. The van der Waals surface area contributed by atoms with Gasteiger partial charge in [-0.15, -0.1) is 11.8 Å². The average Bonchev–Trinajstić information content (AvgIpc) is 2.47. The van der Waals surface area contributed by atoms with Gasteiger partial charge in [-0.25, -0.2) is 0 Å². The Labute approximate surface area is 126 Å². The Morgan fingerprint density at radius 2 is 1.95 bits per heavy atom. The Kier molecular flexibility index (Phi) is 4.76. The van der Waals surface area contributed by atoms with E-state index >= 15 is 0 Å². The highest BCUT2D eigenvalue weighted by atomic mass is 35.5. The summed E-state index contributed by atoms with van der Waals surface area (Å²) in [4.78, 5) is 1.14. The summed E-state index contributed by atoms with van der Waals surface area (Å²) in [6.07, 6.45) is 2.00. The number of hydrogen-bond acceptors (Lipinski definition) is 4. The molecule has 0 atom stereocenters. The topological polar surface area (TPSA) is 67.8 Å². The second kappa shape index (κ2) is 6.54. The van der Waals surface area contributed by atoms with Crippen molar-refractivity contribution in [2.45, 2.75) is 4.90 Å². The van der Waals surface area contributed by atoms with Crippen molar-refractivity contribution in [3.63, 3.8) is 0 Å². The maximum absolute atomic E-state index is 8.79. The van der Waals surface area contributed by atoms with Gasteiger partial charge in [0.25, 0.3) is 0 Å². The highest BCUT2D eigenvalue weighted by Crippen LogP contribution is 2.29. The molecule has 2 rings (SSSR count). The van der Waals surface area contributed by atoms with Gasteiger partial charge in [0.2, 0.25) is 0 Å². The molecule has 2 aromatic carbocycles. The van der Waals surface area contributed by atoms with E-state index in [0.29, 0.717) is 22.1 Å². The first-order valence-electron chi connectivity index (χ1n) is 5.73. The van der Waals surface area contributed by atoms with Gasteiger partial charge in [-0.05, 0) is 42.7 Å². The molecule has 20 heavy (non-hydrogen) atoms. The van der Waals surface area contributed by atoms with Crippen molar-refractivity contribution in [3.05, 3.63) is 53.1 Å². The van der Waals surface area contributed by atoms with Gasteiger partial charge in [-0.2, -0.15) is 0 Å². The molecule has 3 N–H and O–H groups in total. The molecule has 4 nitrogen and oxygen atoms in total. The zero-order valence-electron chi connectivity index (χ0n) is 10.7. The third-order valence-corrected chi connectivity index (χ3v) is 3.59. The third-order valence-electron chi connectivity index (χ3n) is 2.61. The fourth-order valence-corrected chi connectivity index (χ4v) is 2.19. The average molecular weight is 309 g/mol. The summed E-state index contributed by atoms with van der Waals surface area (Å²) < 4.78 is 5.75. The number of nitrogens with two attached hydrogens (primary N) is 1. The van der Waals surface area contributed by atoms with E-state index in [1.54, 1.807) is 30.0 Å². The molecule has 0 aliphatic heterocycles. The number of benzene rings is 2. The molecule has 0 fully saturated rings. The standard InChI is InChI=1S/C14H13ClN2O2S/c1-20-11-5-3-10(4-6-11)19-13-8-9(15)2-7-12(13)14(16)17-18/h2-8,18H,1H3,(H2,16,17). The van der Waals surface area contributed by atoms with Crippen LogP contribution >= 0.6 is 23.4 Å². The molecule has 2 aromatic rings. The van der Waals surface area contributed by atoms with Crippen molar-refractivity contribution < 1.29 is 9.94 Å². The monoisotopic (exact) mass is 308 g/mol. The number of oxime groups is 1.